The molecule has 2 unspecified atom stereocenters. The number of hydrogen-bond donors (Lipinski definition) is 1. The van der Waals surface area contributed by atoms with E-state index in [1.54, 1.807) is 0 Å². The highest BCUT2D eigenvalue weighted by Crippen LogP contribution is 2.33. The fraction of sp³-hybridized carbons (Fsp3) is 0.800. The molecule has 2 atom stereocenters. The molecule has 19 heavy (non-hydrogen) atoms. The van der Waals surface area contributed by atoms with Gasteiger partial charge in [-0.2, -0.15) is 0 Å². The summed E-state index contributed by atoms with van der Waals surface area (Å²) < 4.78 is 0. The first-order valence-corrected chi connectivity index (χ1v) is 8.10. The molecule has 0 aliphatic heterocycles. The lowest BCUT2D eigenvalue weighted by Gasteiger charge is -2.27. The third-order valence-electron chi connectivity index (χ3n) is 4.01. The fourth-order valence-corrected chi connectivity index (χ4v) is 3.23. The van der Waals surface area contributed by atoms with E-state index in [1.165, 1.54) is 10.6 Å². The van der Waals surface area contributed by atoms with E-state index in [9.17, 15) is 0 Å². The van der Waals surface area contributed by atoms with E-state index in [0.29, 0.717) is 17.9 Å². The number of aromatic nitrogens is 1. The van der Waals surface area contributed by atoms with Crippen molar-refractivity contribution in [1.29, 1.82) is 0 Å². The first-order chi connectivity index (χ1) is 8.92. The first-order valence-electron chi connectivity index (χ1n) is 7.29. The minimum absolute atomic E-state index is 0.512. The molecule has 0 aliphatic carbocycles. The highest BCUT2D eigenvalue weighted by atomic mass is 32.1. The molecule has 0 amide bonds. The van der Waals surface area contributed by atoms with E-state index in [2.05, 4.69) is 51.9 Å². The monoisotopic (exact) mass is 283 g/mol. The van der Waals surface area contributed by atoms with Crippen molar-refractivity contribution in [3.63, 3.8) is 0 Å². The number of nitrogens with one attached hydrogen (secondary N) is 1. The van der Waals surface area contributed by atoms with Gasteiger partial charge in [0.1, 0.15) is 0 Å². The number of rotatable bonds is 7. The van der Waals surface area contributed by atoms with Crippen LogP contribution in [-0.2, 0) is 6.54 Å². The summed E-state index contributed by atoms with van der Waals surface area (Å²) in [6, 6.07) is 0.512. The Bertz CT molecular complexity index is 387. The minimum atomic E-state index is 0.512. The molecule has 0 saturated heterocycles. The number of anilines is 1. The quantitative estimate of drug-likeness (QED) is 0.823. The van der Waals surface area contributed by atoms with Crippen LogP contribution in [-0.4, -0.2) is 25.1 Å². The van der Waals surface area contributed by atoms with E-state index in [0.717, 1.165) is 18.1 Å². The summed E-state index contributed by atoms with van der Waals surface area (Å²) in [5.74, 6) is 1.17. The van der Waals surface area contributed by atoms with Crippen LogP contribution < -0.4 is 10.2 Å². The van der Waals surface area contributed by atoms with Gasteiger partial charge >= 0.3 is 0 Å². The summed E-state index contributed by atoms with van der Waals surface area (Å²) in [4.78, 5) is 8.61. The molecular weight excluding hydrogens is 254 g/mol. The Balaban J connectivity index is 3.03. The summed E-state index contributed by atoms with van der Waals surface area (Å²) in [5, 5.41) is 4.41. The summed E-state index contributed by atoms with van der Waals surface area (Å²) in [5.41, 5.74) is 1.28. The van der Waals surface area contributed by atoms with Gasteiger partial charge in [0.15, 0.2) is 5.13 Å². The third-order valence-corrected chi connectivity index (χ3v) is 5.17. The second-order valence-electron chi connectivity index (χ2n) is 5.74. The Labute approximate surface area is 122 Å². The minimum Gasteiger partial charge on any atom is -0.348 e. The molecule has 4 heteroatoms. The molecule has 0 aromatic carbocycles. The van der Waals surface area contributed by atoms with Crippen molar-refractivity contribution in [2.24, 2.45) is 5.92 Å². The van der Waals surface area contributed by atoms with E-state index in [4.69, 9.17) is 4.98 Å². The van der Waals surface area contributed by atoms with Gasteiger partial charge in [-0.15, -0.1) is 11.3 Å². The average molecular weight is 283 g/mol. The van der Waals surface area contributed by atoms with Gasteiger partial charge in [0.05, 0.1) is 5.69 Å². The topological polar surface area (TPSA) is 28.2 Å². The van der Waals surface area contributed by atoms with Crippen LogP contribution in [0.5, 0.6) is 0 Å². The van der Waals surface area contributed by atoms with Crippen molar-refractivity contribution in [3.8, 4) is 0 Å². The lowest BCUT2D eigenvalue weighted by atomic mass is 10.0. The largest absolute Gasteiger partial charge is 0.348 e. The maximum Gasteiger partial charge on any atom is 0.185 e. The second kappa shape index (κ2) is 7.25. The van der Waals surface area contributed by atoms with Crippen LogP contribution in [0.4, 0.5) is 5.13 Å². The molecule has 0 saturated carbocycles. The van der Waals surface area contributed by atoms with E-state index < -0.39 is 0 Å². The van der Waals surface area contributed by atoms with E-state index in [-0.39, 0.29) is 0 Å². The van der Waals surface area contributed by atoms with Gasteiger partial charge in [-0.3, -0.25) is 0 Å². The molecule has 0 radical (unpaired) electrons. The Morgan fingerprint density at radius 1 is 1.26 bits per heavy atom. The molecule has 0 bridgehead atoms. The summed E-state index contributed by atoms with van der Waals surface area (Å²) in [6.07, 6.45) is 1.14. The van der Waals surface area contributed by atoms with Crippen LogP contribution >= 0.6 is 11.3 Å². The smallest absolute Gasteiger partial charge is 0.185 e. The predicted octanol–water partition coefficient (Wildman–Crippen LogP) is 3.86. The first kappa shape index (κ1) is 16.4. The van der Waals surface area contributed by atoms with Crippen LogP contribution in [0.3, 0.4) is 0 Å². The Hall–Kier alpha value is -0.610. The van der Waals surface area contributed by atoms with Crippen molar-refractivity contribution >= 4 is 16.5 Å². The highest BCUT2D eigenvalue weighted by molar-refractivity contribution is 7.15. The zero-order valence-corrected chi connectivity index (χ0v) is 14.3. The lowest BCUT2D eigenvalue weighted by molar-refractivity contribution is 0.504. The fourth-order valence-electron chi connectivity index (χ4n) is 1.99. The van der Waals surface area contributed by atoms with Crippen LogP contribution in [0.2, 0.25) is 0 Å². The van der Waals surface area contributed by atoms with E-state index >= 15 is 0 Å². The van der Waals surface area contributed by atoms with Crippen LogP contribution in [0, 0.1) is 5.92 Å². The number of hydrogen-bond acceptors (Lipinski definition) is 4. The van der Waals surface area contributed by atoms with Crippen LogP contribution in [0.1, 0.15) is 57.5 Å². The SMILES string of the molecule is CCC(C)c1nc(N(C)C(C)C(C)C)sc1CNC. The van der Waals surface area contributed by atoms with Crippen LogP contribution in [0.15, 0.2) is 0 Å². The molecule has 1 aromatic rings. The number of nitrogens with zero attached hydrogens (tertiary/aromatic N) is 2. The summed E-state index contributed by atoms with van der Waals surface area (Å²) in [6.45, 7) is 12.2. The Morgan fingerprint density at radius 3 is 2.37 bits per heavy atom. The molecule has 0 aliphatic rings. The highest BCUT2D eigenvalue weighted by Gasteiger charge is 2.21. The van der Waals surface area contributed by atoms with Gasteiger partial charge in [-0.05, 0) is 32.2 Å². The zero-order valence-electron chi connectivity index (χ0n) is 13.4. The van der Waals surface area contributed by atoms with Gasteiger partial charge in [0.2, 0.25) is 0 Å². The van der Waals surface area contributed by atoms with E-state index in [1.807, 2.05) is 18.4 Å². The van der Waals surface area contributed by atoms with Crippen molar-refractivity contribution in [2.45, 2.75) is 59.5 Å². The van der Waals surface area contributed by atoms with Gasteiger partial charge < -0.3 is 10.2 Å². The summed E-state index contributed by atoms with van der Waals surface area (Å²) >= 11 is 1.83. The van der Waals surface area contributed by atoms with Crippen LogP contribution in [0.25, 0.3) is 0 Å². The molecule has 0 spiro atoms. The Morgan fingerprint density at radius 2 is 1.89 bits per heavy atom. The lowest BCUT2D eigenvalue weighted by Crippen LogP contribution is -2.33. The third kappa shape index (κ3) is 3.93. The molecule has 3 nitrogen and oxygen atoms in total. The second-order valence-corrected chi connectivity index (χ2v) is 6.80. The Kier molecular flexibility index (Phi) is 6.27. The molecular formula is C15H29N3S. The van der Waals surface area contributed by atoms with Crippen molar-refractivity contribution in [3.05, 3.63) is 10.6 Å². The molecule has 1 heterocycles. The average Bonchev–Trinajstić information content (AvgIpc) is 2.80. The molecule has 110 valence electrons. The standard InChI is InChI=1S/C15H29N3S/c1-8-11(4)14-13(9-16-6)19-15(17-14)18(7)12(5)10(2)3/h10-12,16H,8-9H2,1-7H3. The van der Waals surface area contributed by atoms with Gasteiger partial charge in [-0.25, -0.2) is 4.98 Å². The maximum absolute atomic E-state index is 4.91. The van der Waals surface area contributed by atoms with Gasteiger partial charge in [0.25, 0.3) is 0 Å². The van der Waals surface area contributed by atoms with Gasteiger partial charge in [-0.1, -0.05) is 27.7 Å². The zero-order chi connectivity index (χ0) is 14.6. The molecule has 1 rings (SSSR count). The molecule has 1 aromatic heterocycles. The number of thiazole rings is 1. The molecule has 1 N–H and O–H groups in total. The van der Waals surface area contributed by atoms with Crippen molar-refractivity contribution in [2.75, 3.05) is 19.0 Å². The molecule has 0 fully saturated rings. The summed E-state index contributed by atoms with van der Waals surface area (Å²) in [7, 11) is 4.16. The normalized spacial score (nSPS) is 14.7. The van der Waals surface area contributed by atoms with Crippen molar-refractivity contribution < 1.29 is 0 Å². The predicted molar refractivity (Wildman–Crippen MR) is 86.3 cm³/mol. The maximum atomic E-state index is 4.91. The van der Waals surface area contributed by atoms with Gasteiger partial charge in [0, 0.05) is 24.5 Å². The van der Waals surface area contributed by atoms with Crippen molar-refractivity contribution in [1.82, 2.24) is 10.3 Å².